The molecular formula is C14H20FNO. The van der Waals surface area contributed by atoms with Crippen molar-refractivity contribution in [2.24, 2.45) is 11.8 Å². The molecule has 0 aromatic heterocycles. The van der Waals surface area contributed by atoms with E-state index >= 15 is 0 Å². The number of hydrogen-bond donors (Lipinski definition) is 1. The van der Waals surface area contributed by atoms with Crippen molar-refractivity contribution in [1.82, 2.24) is 5.32 Å². The molecule has 2 nitrogen and oxygen atoms in total. The summed E-state index contributed by atoms with van der Waals surface area (Å²) in [5, 5.41) is 3.36. The van der Waals surface area contributed by atoms with E-state index in [1.807, 2.05) is 0 Å². The Morgan fingerprint density at radius 2 is 2.00 bits per heavy atom. The van der Waals surface area contributed by atoms with Crippen LogP contribution in [0.5, 0.6) is 5.75 Å². The second-order valence-electron chi connectivity index (χ2n) is 5.03. The first kappa shape index (κ1) is 12.4. The van der Waals surface area contributed by atoms with Gasteiger partial charge in [0.2, 0.25) is 0 Å². The van der Waals surface area contributed by atoms with Crippen molar-refractivity contribution in [2.45, 2.75) is 26.4 Å². The molecule has 1 N–H and O–H groups in total. The highest BCUT2D eigenvalue weighted by atomic mass is 19.1. The van der Waals surface area contributed by atoms with Crippen molar-refractivity contribution in [3.8, 4) is 5.75 Å². The smallest absolute Gasteiger partial charge is 0.123 e. The zero-order valence-electron chi connectivity index (χ0n) is 10.4. The van der Waals surface area contributed by atoms with Crippen LogP contribution in [0.25, 0.3) is 0 Å². The molecule has 1 fully saturated rings. The highest BCUT2D eigenvalue weighted by Gasteiger charge is 2.28. The van der Waals surface area contributed by atoms with E-state index in [0.29, 0.717) is 11.8 Å². The molecule has 1 aliphatic heterocycles. The van der Waals surface area contributed by atoms with E-state index < -0.39 is 0 Å². The molecule has 0 spiro atoms. The van der Waals surface area contributed by atoms with Gasteiger partial charge >= 0.3 is 0 Å². The first-order chi connectivity index (χ1) is 8.16. The molecule has 0 radical (unpaired) electrons. The minimum absolute atomic E-state index is 0.204. The van der Waals surface area contributed by atoms with Crippen LogP contribution in [0, 0.1) is 17.7 Å². The maximum Gasteiger partial charge on any atom is 0.123 e. The summed E-state index contributed by atoms with van der Waals surface area (Å²) in [5.74, 6) is 1.56. The fourth-order valence-corrected chi connectivity index (χ4v) is 2.40. The Kier molecular flexibility index (Phi) is 4.00. The Morgan fingerprint density at radius 1 is 1.29 bits per heavy atom. The van der Waals surface area contributed by atoms with Gasteiger partial charge in [0.15, 0.2) is 0 Å². The van der Waals surface area contributed by atoms with Crippen LogP contribution in [0.15, 0.2) is 24.3 Å². The SMILES string of the molecule is CC(C)C(Oc1ccc(F)cc1)C1CCNC1. The first-order valence-electron chi connectivity index (χ1n) is 6.30. The lowest BCUT2D eigenvalue weighted by Gasteiger charge is -2.27. The van der Waals surface area contributed by atoms with E-state index in [1.54, 1.807) is 12.1 Å². The van der Waals surface area contributed by atoms with Gasteiger partial charge in [0.05, 0.1) is 0 Å². The third-order valence-electron chi connectivity index (χ3n) is 3.31. The van der Waals surface area contributed by atoms with Gasteiger partial charge in [-0.3, -0.25) is 0 Å². The summed E-state index contributed by atoms with van der Waals surface area (Å²) in [6.07, 6.45) is 1.36. The van der Waals surface area contributed by atoms with Crippen LogP contribution >= 0.6 is 0 Å². The molecule has 1 saturated heterocycles. The van der Waals surface area contributed by atoms with Crippen molar-refractivity contribution in [1.29, 1.82) is 0 Å². The van der Waals surface area contributed by atoms with E-state index in [2.05, 4.69) is 19.2 Å². The van der Waals surface area contributed by atoms with Crippen molar-refractivity contribution >= 4 is 0 Å². The van der Waals surface area contributed by atoms with Crippen LogP contribution in [0.1, 0.15) is 20.3 Å². The monoisotopic (exact) mass is 237 g/mol. The second-order valence-corrected chi connectivity index (χ2v) is 5.03. The topological polar surface area (TPSA) is 21.3 Å². The molecule has 17 heavy (non-hydrogen) atoms. The third kappa shape index (κ3) is 3.19. The van der Waals surface area contributed by atoms with E-state index in [4.69, 9.17) is 4.74 Å². The lowest BCUT2D eigenvalue weighted by molar-refractivity contribution is 0.0972. The van der Waals surface area contributed by atoms with Crippen molar-refractivity contribution in [2.75, 3.05) is 13.1 Å². The van der Waals surface area contributed by atoms with Gasteiger partial charge in [-0.2, -0.15) is 0 Å². The first-order valence-corrected chi connectivity index (χ1v) is 6.30. The summed E-state index contributed by atoms with van der Waals surface area (Å²) in [4.78, 5) is 0. The van der Waals surface area contributed by atoms with Crippen molar-refractivity contribution in [3.63, 3.8) is 0 Å². The molecule has 1 aromatic carbocycles. The normalized spacial score (nSPS) is 21.8. The summed E-state index contributed by atoms with van der Waals surface area (Å²) in [6, 6.07) is 6.29. The predicted octanol–water partition coefficient (Wildman–Crippen LogP) is 2.84. The molecule has 0 amide bonds. The van der Waals surface area contributed by atoms with Crippen LogP contribution < -0.4 is 10.1 Å². The molecule has 2 unspecified atom stereocenters. The maximum atomic E-state index is 12.8. The minimum atomic E-state index is -0.221. The lowest BCUT2D eigenvalue weighted by atomic mass is 9.92. The van der Waals surface area contributed by atoms with Crippen LogP contribution in [-0.2, 0) is 0 Å². The van der Waals surface area contributed by atoms with Gasteiger partial charge in [0, 0.05) is 12.5 Å². The average Bonchev–Trinajstić information content (AvgIpc) is 2.81. The van der Waals surface area contributed by atoms with Gasteiger partial charge < -0.3 is 10.1 Å². The van der Waals surface area contributed by atoms with E-state index in [1.165, 1.54) is 12.1 Å². The Labute approximate surface area is 102 Å². The molecule has 0 aliphatic carbocycles. The summed E-state index contributed by atoms with van der Waals surface area (Å²) in [6.45, 7) is 6.43. The Morgan fingerprint density at radius 3 is 2.53 bits per heavy atom. The Bertz CT molecular complexity index is 344. The molecular weight excluding hydrogens is 217 g/mol. The van der Waals surface area contributed by atoms with Gasteiger partial charge in [-0.25, -0.2) is 4.39 Å². The fourth-order valence-electron chi connectivity index (χ4n) is 2.40. The third-order valence-corrected chi connectivity index (χ3v) is 3.31. The van der Waals surface area contributed by atoms with Crippen LogP contribution in [0.2, 0.25) is 0 Å². The summed E-state index contributed by atoms with van der Waals surface area (Å²) < 4.78 is 18.8. The number of rotatable bonds is 4. The van der Waals surface area contributed by atoms with Gasteiger partial charge in [-0.05, 0) is 43.1 Å². The summed E-state index contributed by atoms with van der Waals surface area (Å²) >= 11 is 0. The number of hydrogen-bond acceptors (Lipinski definition) is 2. The highest BCUT2D eigenvalue weighted by molar-refractivity contribution is 5.22. The van der Waals surface area contributed by atoms with Crippen molar-refractivity contribution < 1.29 is 9.13 Å². The van der Waals surface area contributed by atoms with Gasteiger partial charge in [-0.1, -0.05) is 13.8 Å². The quantitative estimate of drug-likeness (QED) is 0.869. The summed E-state index contributed by atoms with van der Waals surface area (Å²) in [7, 11) is 0. The second kappa shape index (κ2) is 5.50. The van der Waals surface area contributed by atoms with Crippen LogP contribution in [0.4, 0.5) is 4.39 Å². The molecule has 0 saturated carbocycles. The Hall–Kier alpha value is -1.09. The summed E-state index contributed by atoms with van der Waals surface area (Å²) in [5.41, 5.74) is 0. The largest absolute Gasteiger partial charge is 0.490 e. The van der Waals surface area contributed by atoms with Gasteiger partial charge in [0.25, 0.3) is 0 Å². The fraction of sp³-hybridized carbons (Fsp3) is 0.571. The molecule has 0 bridgehead atoms. The number of benzene rings is 1. The number of ether oxygens (including phenoxy) is 1. The standard InChI is InChI=1S/C14H20FNO/c1-10(2)14(11-7-8-16-9-11)17-13-5-3-12(15)4-6-13/h3-6,10-11,14,16H,7-9H2,1-2H3. The predicted molar refractivity (Wildman–Crippen MR) is 66.6 cm³/mol. The van der Waals surface area contributed by atoms with Gasteiger partial charge in [-0.15, -0.1) is 0 Å². The molecule has 1 aliphatic rings. The highest BCUT2D eigenvalue weighted by Crippen LogP contribution is 2.25. The molecule has 2 atom stereocenters. The molecule has 3 heteroatoms. The molecule has 2 rings (SSSR count). The van der Waals surface area contributed by atoms with E-state index in [9.17, 15) is 4.39 Å². The van der Waals surface area contributed by atoms with E-state index in [0.717, 1.165) is 25.3 Å². The molecule has 1 aromatic rings. The number of nitrogens with one attached hydrogen (secondary N) is 1. The Balaban J connectivity index is 2.04. The lowest BCUT2D eigenvalue weighted by Crippen LogP contribution is -2.33. The zero-order chi connectivity index (χ0) is 12.3. The minimum Gasteiger partial charge on any atom is -0.490 e. The number of halogens is 1. The average molecular weight is 237 g/mol. The molecule has 1 heterocycles. The van der Waals surface area contributed by atoms with Gasteiger partial charge in [0.1, 0.15) is 17.7 Å². The maximum absolute atomic E-state index is 12.8. The van der Waals surface area contributed by atoms with Crippen LogP contribution in [0.3, 0.4) is 0 Å². The molecule has 94 valence electrons. The van der Waals surface area contributed by atoms with Crippen LogP contribution in [-0.4, -0.2) is 19.2 Å². The zero-order valence-corrected chi connectivity index (χ0v) is 10.4. The van der Waals surface area contributed by atoms with E-state index in [-0.39, 0.29) is 11.9 Å². The van der Waals surface area contributed by atoms with Crippen molar-refractivity contribution in [3.05, 3.63) is 30.1 Å².